The molecule has 6 nitrogen and oxygen atoms in total. The number of Topliss-reactive ketones (excluding diaryl/α,β-unsaturated/α-hetero) is 1. The highest BCUT2D eigenvalue weighted by atomic mass is 35.5. The Morgan fingerprint density at radius 2 is 1.94 bits per heavy atom. The minimum Gasteiger partial charge on any atom is -0.507 e. The van der Waals surface area contributed by atoms with E-state index in [1.54, 1.807) is 18.3 Å². The van der Waals surface area contributed by atoms with Crippen LogP contribution in [0.4, 0.5) is 0 Å². The molecule has 0 radical (unpaired) electrons. The number of ether oxygens (including phenoxy) is 1. The molecule has 1 amide bonds. The van der Waals surface area contributed by atoms with Gasteiger partial charge in [-0.15, -0.1) is 11.3 Å². The molecule has 3 aromatic rings. The van der Waals surface area contributed by atoms with Crippen molar-refractivity contribution in [2.24, 2.45) is 0 Å². The van der Waals surface area contributed by atoms with Gasteiger partial charge in [-0.1, -0.05) is 29.3 Å². The topological polar surface area (TPSA) is 79.7 Å². The Labute approximate surface area is 198 Å². The second kappa shape index (κ2) is 8.94. The van der Waals surface area contributed by atoms with Crippen molar-refractivity contribution in [2.75, 3.05) is 7.11 Å². The molecule has 2 aromatic heterocycles. The fourth-order valence-electron chi connectivity index (χ4n) is 3.69. The second-order valence-electron chi connectivity index (χ2n) is 7.19. The molecule has 9 heteroatoms. The summed E-state index contributed by atoms with van der Waals surface area (Å²) in [4.78, 5) is 32.7. The van der Waals surface area contributed by atoms with Gasteiger partial charge in [-0.05, 0) is 48.2 Å². The number of aryl methyl sites for hydroxylation is 1. The zero-order valence-corrected chi connectivity index (χ0v) is 19.5. The van der Waals surface area contributed by atoms with Gasteiger partial charge >= 0.3 is 0 Å². The number of aliphatic hydroxyl groups excluding tert-OH is 1. The third-order valence-corrected chi connectivity index (χ3v) is 6.86. The van der Waals surface area contributed by atoms with E-state index < -0.39 is 17.7 Å². The molecule has 164 valence electrons. The fourth-order valence-corrected chi connectivity index (χ4v) is 5.38. The van der Waals surface area contributed by atoms with Gasteiger partial charge in [0.25, 0.3) is 11.7 Å². The summed E-state index contributed by atoms with van der Waals surface area (Å²) in [5, 5.41) is 13.4. The van der Waals surface area contributed by atoms with E-state index in [0.717, 1.165) is 10.4 Å². The molecular formula is C23H18Cl2N2O4S. The fraction of sp³-hybridized carbons (Fsp3) is 0.174. The van der Waals surface area contributed by atoms with Crippen LogP contribution in [0.1, 0.15) is 27.7 Å². The van der Waals surface area contributed by atoms with Crippen LogP contribution in [0.15, 0.2) is 53.5 Å². The summed E-state index contributed by atoms with van der Waals surface area (Å²) in [6.07, 6.45) is 1.62. The van der Waals surface area contributed by atoms with E-state index in [1.807, 2.05) is 24.4 Å². The quantitative estimate of drug-likeness (QED) is 0.295. The minimum atomic E-state index is -0.778. The number of thiophene rings is 1. The summed E-state index contributed by atoms with van der Waals surface area (Å²) in [7, 11) is 1.43. The highest BCUT2D eigenvalue weighted by Gasteiger charge is 2.47. The Morgan fingerprint density at radius 3 is 2.50 bits per heavy atom. The SMILES string of the molecule is COc1c(Cl)cc(/C(O)=C2/C(=O)C(=O)N(Cc3ccccn3)C2c2sccc2C)cc1Cl. The molecule has 3 heterocycles. The Morgan fingerprint density at radius 1 is 1.22 bits per heavy atom. The number of hydrogen-bond acceptors (Lipinski definition) is 6. The summed E-state index contributed by atoms with van der Waals surface area (Å²) in [6, 6.07) is 9.40. The number of ketones is 1. The summed E-state index contributed by atoms with van der Waals surface area (Å²) >= 11 is 13.9. The molecule has 4 rings (SSSR count). The molecule has 1 saturated heterocycles. The Bertz CT molecular complexity index is 1220. The standard InChI is InChI=1S/C23H18Cl2N2O4S/c1-12-6-8-32-22(12)18-17(19(28)13-9-15(24)21(31-2)16(25)10-13)20(29)23(30)27(18)11-14-5-3-4-7-26-14/h3-10,18,28H,11H2,1-2H3/b19-17-. The highest BCUT2D eigenvalue weighted by Crippen LogP contribution is 2.44. The van der Waals surface area contributed by atoms with Crippen molar-refractivity contribution in [1.82, 2.24) is 9.88 Å². The molecule has 32 heavy (non-hydrogen) atoms. The molecule has 1 aliphatic rings. The van der Waals surface area contributed by atoms with Crippen LogP contribution in [0.25, 0.3) is 5.76 Å². The molecule has 1 unspecified atom stereocenters. The van der Waals surface area contributed by atoms with E-state index >= 15 is 0 Å². The Hall–Kier alpha value is -2.87. The number of pyridine rings is 1. The number of aliphatic hydroxyl groups is 1. The summed E-state index contributed by atoms with van der Waals surface area (Å²) in [5.74, 6) is -1.58. The monoisotopic (exact) mass is 488 g/mol. The number of likely N-dealkylation sites (tertiary alicyclic amines) is 1. The smallest absolute Gasteiger partial charge is 0.296 e. The number of methoxy groups -OCH3 is 1. The van der Waals surface area contributed by atoms with Crippen LogP contribution in [-0.4, -0.2) is 33.8 Å². The first-order valence-corrected chi connectivity index (χ1v) is 11.2. The Kier molecular flexibility index (Phi) is 6.24. The van der Waals surface area contributed by atoms with Crippen molar-refractivity contribution in [1.29, 1.82) is 0 Å². The van der Waals surface area contributed by atoms with Gasteiger partial charge in [0, 0.05) is 16.6 Å². The number of aromatic nitrogens is 1. The van der Waals surface area contributed by atoms with Gasteiger partial charge in [0.1, 0.15) is 11.8 Å². The maximum Gasteiger partial charge on any atom is 0.296 e. The number of nitrogens with zero attached hydrogens (tertiary/aromatic N) is 2. The van der Waals surface area contributed by atoms with Gasteiger partial charge in [-0.3, -0.25) is 14.6 Å². The van der Waals surface area contributed by atoms with Crippen molar-refractivity contribution in [3.63, 3.8) is 0 Å². The number of amides is 1. The lowest BCUT2D eigenvalue weighted by Crippen LogP contribution is -2.29. The van der Waals surface area contributed by atoms with Crippen molar-refractivity contribution < 1.29 is 19.4 Å². The van der Waals surface area contributed by atoms with Crippen LogP contribution in [-0.2, 0) is 16.1 Å². The van der Waals surface area contributed by atoms with E-state index in [1.165, 1.54) is 35.5 Å². The zero-order valence-electron chi connectivity index (χ0n) is 17.1. The van der Waals surface area contributed by atoms with Crippen LogP contribution in [0.2, 0.25) is 10.0 Å². The van der Waals surface area contributed by atoms with E-state index in [4.69, 9.17) is 27.9 Å². The third kappa shape index (κ3) is 3.88. The number of halogens is 2. The summed E-state index contributed by atoms with van der Waals surface area (Å²) in [6.45, 7) is 2.02. The van der Waals surface area contributed by atoms with Gasteiger partial charge in [0.05, 0.1) is 35.0 Å². The summed E-state index contributed by atoms with van der Waals surface area (Å²) < 4.78 is 5.16. The number of carbonyl (C=O) groups is 2. The van der Waals surface area contributed by atoms with Crippen LogP contribution >= 0.6 is 34.5 Å². The van der Waals surface area contributed by atoms with E-state index in [-0.39, 0.29) is 39.2 Å². The predicted octanol–water partition coefficient (Wildman–Crippen LogP) is 5.39. The molecular weight excluding hydrogens is 471 g/mol. The first-order valence-electron chi connectivity index (χ1n) is 9.59. The first kappa shape index (κ1) is 22.3. The molecule has 0 saturated carbocycles. The second-order valence-corrected chi connectivity index (χ2v) is 8.95. The molecule has 1 aromatic carbocycles. The lowest BCUT2D eigenvalue weighted by atomic mass is 9.98. The highest BCUT2D eigenvalue weighted by molar-refractivity contribution is 7.10. The normalized spacial score (nSPS) is 17.8. The largest absolute Gasteiger partial charge is 0.507 e. The van der Waals surface area contributed by atoms with Crippen LogP contribution < -0.4 is 4.74 Å². The lowest BCUT2D eigenvalue weighted by molar-refractivity contribution is -0.140. The number of hydrogen-bond donors (Lipinski definition) is 1. The molecule has 0 aliphatic carbocycles. The minimum absolute atomic E-state index is 0.0196. The molecule has 0 bridgehead atoms. The van der Waals surface area contributed by atoms with Crippen molar-refractivity contribution >= 4 is 52.0 Å². The average molecular weight is 489 g/mol. The van der Waals surface area contributed by atoms with Crippen LogP contribution in [0.3, 0.4) is 0 Å². The molecule has 1 fully saturated rings. The van der Waals surface area contributed by atoms with Crippen LogP contribution in [0.5, 0.6) is 5.75 Å². The third-order valence-electron chi connectivity index (χ3n) is 5.22. The van der Waals surface area contributed by atoms with Gasteiger partial charge in [-0.25, -0.2) is 0 Å². The zero-order chi connectivity index (χ0) is 23.0. The van der Waals surface area contributed by atoms with E-state index in [0.29, 0.717) is 5.69 Å². The van der Waals surface area contributed by atoms with E-state index in [9.17, 15) is 14.7 Å². The van der Waals surface area contributed by atoms with Crippen molar-refractivity contribution in [3.8, 4) is 5.75 Å². The molecule has 1 atom stereocenters. The van der Waals surface area contributed by atoms with Crippen LogP contribution in [0, 0.1) is 6.92 Å². The maximum atomic E-state index is 13.1. The maximum absolute atomic E-state index is 13.1. The first-order chi connectivity index (χ1) is 15.3. The molecule has 1 aliphatic heterocycles. The van der Waals surface area contributed by atoms with Gasteiger partial charge in [0.2, 0.25) is 0 Å². The molecule has 0 spiro atoms. The predicted molar refractivity (Wildman–Crippen MR) is 124 cm³/mol. The Balaban J connectivity index is 1.89. The molecule has 1 N–H and O–H groups in total. The van der Waals surface area contributed by atoms with Crippen molar-refractivity contribution in [3.05, 3.63) is 85.3 Å². The van der Waals surface area contributed by atoms with Gasteiger partial charge in [-0.2, -0.15) is 0 Å². The van der Waals surface area contributed by atoms with E-state index in [2.05, 4.69) is 4.98 Å². The van der Waals surface area contributed by atoms with Gasteiger partial charge in [0.15, 0.2) is 5.75 Å². The summed E-state index contributed by atoms with van der Waals surface area (Å²) in [5.41, 5.74) is 1.73. The van der Waals surface area contributed by atoms with Gasteiger partial charge < -0.3 is 14.7 Å². The average Bonchev–Trinajstić information content (AvgIpc) is 3.29. The number of carbonyl (C=O) groups excluding carboxylic acids is 2. The lowest BCUT2D eigenvalue weighted by Gasteiger charge is -2.24. The number of benzene rings is 1. The van der Waals surface area contributed by atoms with Crippen molar-refractivity contribution in [2.45, 2.75) is 19.5 Å². The number of rotatable bonds is 5.